The summed E-state index contributed by atoms with van der Waals surface area (Å²) >= 11 is 0. The molecule has 3 N–H and O–H groups in total. The lowest BCUT2D eigenvalue weighted by molar-refractivity contribution is -0.127. The summed E-state index contributed by atoms with van der Waals surface area (Å²) in [7, 11) is 0. The Morgan fingerprint density at radius 1 is 1.28 bits per heavy atom. The van der Waals surface area contributed by atoms with Gasteiger partial charge in [-0.2, -0.15) is 0 Å². The molecule has 4 nitrogen and oxygen atoms in total. The smallest absolute Gasteiger partial charge is 0.223 e. The van der Waals surface area contributed by atoms with Crippen molar-refractivity contribution in [3.8, 4) is 0 Å². The summed E-state index contributed by atoms with van der Waals surface area (Å²) in [5, 5.41) is 3.23. The number of nitrogens with zero attached hydrogens (tertiary/aromatic N) is 1. The van der Waals surface area contributed by atoms with Crippen molar-refractivity contribution in [1.29, 1.82) is 0 Å². The number of likely N-dealkylation sites (tertiary alicyclic amines) is 1. The fraction of sp³-hybridized carbons (Fsp3) is 0.929. The van der Waals surface area contributed by atoms with Crippen molar-refractivity contribution in [2.24, 2.45) is 11.7 Å². The van der Waals surface area contributed by atoms with Crippen LogP contribution >= 0.6 is 0 Å². The standard InChI is InChI=1S/C14H27N3O/c1-2-17-8-6-13(7-9-17)16-14(18)11-4-3-5-12(15)10-11/h11-13H,2-10,15H2,1H3,(H,16,18). The predicted molar refractivity (Wildman–Crippen MR) is 73.2 cm³/mol. The van der Waals surface area contributed by atoms with Gasteiger partial charge in [0, 0.05) is 31.1 Å². The normalized spacial score (nSPS) is 31.2. The molecule has 2 atom stereocenters. The fourth-order valence-electron chi connectivity index (χ4n) is 3.18. The average molecular weight is 253 g/mol. The van der Waals surface area contributed by atoms with Crippen LogP contribution in [0.25, 0.3) is 0 Å². The Hall–Kier alpha value is -0.610. The van der Waals surface area contributed by atoms with E-state index in [-0.39, 0.29) is 17.9 Å². The van der Waals surface area contributed by atoms with Gasteiger partial charge in [0.1, 0.15) is 0 Å². The summed E-state index contributed by atoms with van der Waals surface area (Å²) in [5.74, 6) is 0.415. The highest BCUT2D eigenvalue weighted by molar-refractivity contribution is 5.79. The molecule has 2 unspecified atom stereocenters. The van der Waals surface area contributed by atoms with Crippen LogP contribution in [0.2, 0.25) is 0 Å². The van der Waals surface area contributed by atoms with Crippen LogP contribution in [0.3, 0.4) is 0 Å². The molecule has 0 bridgehead atoms. The SMILES string of the molecule is CCN1CCC(NC(=O)C2CCCC(N)C2)CC1. The number of piperidine rings is 1. The lowest BCUT2D eigenvalue weighted by Crippen LogP contribution is -2.47. The largest absolute Gasteiger partial charge is 0.353 e. The van der Waals surface area contributed by atoms with Gasteiger partial charge in [0.25, 0.3) is 0 Å². The third-order valence-electron chi connectivity index (χ3n) is 4.47. The average Bonchev–Trinajstić information content (AvgIpc) is 2.39. The fourth-order valence-corrected chi connectivity index (χ4v) is 3.18. The van der Waals surface area contributed by atoms with Crippen molar-refractivity contribution in [2.75, 3.05) is 19.6 Å². The van der Waals surface area contributed by atoms with Gasteiger partial charge in [-0.05, 0) is 38.6 Å². The number of hydrogen-bond donors (Lipinski definition) is 2. The van der Waals surface area contributed by atoms with Gasteiger partial charge in [0.05, 0.1) is 0 Å². The molecule has 1 saturated carbocycles. The molecule has 2 aliphatic rings. The summed E-state index contributed by atoms with van der Waals surface area (Å²) < 4.78 is 0. The number of amides is 1. The first-order chi connectivity index (χ1) is 8.69. The molecular formula is C14H27N3O. The van der Waals surface area contributed by atoms with Gasteiger partial charge >= 0.3 is 0 Å². The predicted octanol–water partition coefficient (Wildman–Crippen LogP) is 1.10. The van der Waals surface area contributed by atoms with Crippen molar-refractivity contribution in [1.82, 2.24) is 10.2 Å². The maximum absolute atomic E-state index is 12.2. The molecule has 2 rings (SSSR count). The van der Waals surface area contributed by atoms with E-state index in [1.165, 1.54) is 0 Å². The van der Waals surface area contributed by atoms with Gasteiger partial charge in [-0.1, -0.05) is 13.3 Å². The molecule has 1 aliphatic carbocycles. The molecule has 0 aromatic heterocycles. The van der Waals surface area contributed by atoms with Gasteiger partial charge in [0.2, 0.25) is 5.91 Å². The van der Waals surface area contributed by atoms with E-state index in [2.05, 4.69) is 17.1 Å². The zero-order valence-corrected chi connectivity index (χ0v) is 11.5. The highest BCUT2D eigenvalue weighted by Crippen LogP contribution is 2.23. The van der Waals surface area contributed by atoms with E-state index < -0.39 is 0 Å². The van der Waals surface area contributed by atoms with E-state index in [0.29, 0.717) is 6.04 Å². The quantitative estimate of drug-likeness (QED) is 0.792. The summed E-state index contributed by atoms with van der Waals surface area (Å²) in [4.78, 5) is 14.6. The van der Waals surface area contributed by atoms with Gasteiger partial charge < -0.3 is 16.0 Å². The molecule has 2 fully saturated rings. The topological polar surface area (TPSA) is 58.4 Å². The van der Waals surface area contributed by atoms with Gasteiger partial charge in [0.15, 0.2) is 0 Å². The number of hydrogen-bond acceptors (Lipinski definition) is 3. The molecule has 0 aromatic rings. The van der Waals surface area contributed by atoms with Gasteiger partial charge in [-0.3, -0.25) is 4.79 Å². The minimum Gasteiger partial charge on any atom is -0.353 e. The summed E-state index contributed by atoms with van der Waals surface area (Å²) in [5.41, 5.74) is 5.95. The molecule has 4 heteroatoms. The van der Waals surface area contributed by atoms with E-state index in [1.54, 1.807) is 0 Å². The van der Waals surface area contributed by atoms with E-state index >= 15 is 0 Å². The summed E-state index contributed by atoms with van der Waals surface area (Å²) in [6.07, 6.45) is 6.27. The lowest BCUT2D eigenvalue weighted by Gasteiger charge is -2.33. The van der Waals surface area contributed by atoms with Crippen LogP contribution in [0.1, 0.15) is 45.4 Å². The van der Waals surface area contributed by atoms with E-state index in [4.69, 9.17) is 5.73 Å². The number of carbonyl (C=O) groups is 1. The minimum absolute atomic E-state index is 0.165. The Kier molecular flexibility index (Phi) is 5.01. The minimum atomic E-state index is 0.165. The molecule has 1 saturated heterocycles. The molecule has 0 radical (unpaired) electrons. The second-order valence-corrected chi connectivity index (χ2v) is 5.84. The zero-order chi connectivity index (χ0) is 13.0. The molecule has 18 heavy (non-hydrogen) atoms. The number of nitrogens with two attached hydrogens (primary N) is 1. The van der Waals surface area contributed by atoms with Crippen molar-refractivity contribution in [3.63, 3.8) is 0 Å². The zero-order valence-electron chi connectivity index (χ0n) is 11.5. The Bertz CT molecular complexity index is 274. The van der Waals surface area contributed by atoms with Gasteiger partial charge in [-0.15, -0.1) is 0 Å². The molecule has 1 amide bonds. The van der Waals surface area contributed by atoms with Crippen LogP contribution in [0.15, 0.2) is 0 Å². The van der Waals surface area contributed by atoms with E-state index in [9.17, 15) is 4.79 Å². The van der Waals surface area contributed by atoms with Crippen LogP contribution in [0, 0.1) is 5.92 Å². The van der Waals surface area contributed by atoms with E-state index in [1.807, 2.05) is 0 Å². The molecule has 0 aromatic carbocycles. The highest BCUT2D eigenvalue weighted by Gasteiger charge is 2.27. The number of carbonyl (C=O) groups excluding carboxylic acids is 1. The molecule has 1 aliphatic heterocycles. The molecule has 1 heterocycles. The number of rotatable bonds is 3. The van der Waals surface area contributed by atoms with Crippen LogP contribution in [-0.2, 0) is 4.79 Å². The Labute approximate surface area is 110 Å². The third-order valence-corrected chi connectivity index (χ3v) is 4.47. The third kappa shape index (κ3) is 3.69. The monoisotopic (exact) mass is 253 g/mol. The van der Waals surface area contributed by atoms with Crippen LogP contribution in [-0.4, -0.2) is 42.5 Å². The van der Waals surface area contributed by atoms with Crippen molar-refractivity contribution in [3.05, 3.63) is 0 Å². The molecule has 104 valence electrons. The van der Waals surface area contributed by atoms with Crippen molar-refractivity contribution in [2.45, 2.75) is 57.5 Å². The Morgan fingerprint density at radius 3 is 2.61 bits per heavy atom. The first kappa shape index (κ1) is 13.8. The second kappa shape index (κ2) is 6.53. The van der Waals surface area contributed by atoms with Crippen LogP contribution in [0.5, 0.6) is 0 Å². The Morgan fingerprint density at radius 2 is 2.00 bits per heavy atom. The highest BCUT2D eigenvalue weighted by atomic mass is 16.1. The molecular weight excluding hydrogens is 226 g/mol. The van der Waals surface area contributed by atoms with Gasteiger partial charge in [-0.25, -0.2) is 0 Å². The maximum atomic E-state index is 12.2. The second-order valence-electron chi connectivity index (χ2n) is 5.84. The molecule has 0 spiro atoms. The lowest BCUT2D eigenvalue weighted by atomic mass is 9.85. The first-order valence-electron chi connectivity index (χ1n) is 7.47. The van der Waals surface area contributed by atoms with Crippen LogP contribution < -0.4 is 11.1 Å². The summed E-state index contributed by atoms with van der Waals surface area (Å²) in [6, 6.07) is 0.620. The van der Waals surface area contributed by atoms with Crippen molar-refractivity contribution >= 4 is 5.91 Å². The van der Waals surface area contributed by atoms with E-state index in [0.717, 1.165) is 58.2 Å². The van der Waals surface area contributed by atoms with Crippen molar-refractivity contribution < 1.29 is 4.79 Å². The maximum Gasteiger partial charge on any atom is 0.223 e. The number of nitrogens with one attached hydrogen (secondary N) is 1. The first-order valence-corrected chi connectivity index (χ1v) is 7.47. The van der Waals surface area contributed by atoms with Crippen LogP contribution in [0.4, 0.5) is 0 Å². The summed E-state index contributed by atoms with van der Waals surface area (Å²) in [6.45, 7) is 5.55. The Balaban J connectivity index is 1.74.